The maximum atomic E-state index is 11.1. The molecule has 1 N–H and O–H groups in total. The minimum absolute atomic E-state index is 0.181. The molecule has 160 valence electrons. The maximum Gasteiger partial charge on any atom is 0.335 e. The van der Waals surface area contributed by atoms with Gasteiger partial charge in [0.25, 0.3) is 0 Å². The Bertz CT molecular complexity index is 950. The smallest absolute Gasteiger partial charge is 0.335 e. The van der Waals surface area contributed by atoms with E-state index in [1.54, 1.807) is 12.1 Å². The number of hydrogen-bond donors (Lipinski definition) is 1. The van der Waals surface area contributed by atoms with Crippen molar-refractivity contribution in [3.05, 3.63) is 69.8 Å². The van der Waals surface area contributed by atoms with Crippen molar-refractivity contribution >= 4 is 29.9 Å². The van der Waals surface area contributed by atoms with E-state index in [2.05, 4.69) is 65.8 Å². The van der Waals surface area contributed by atoms with Gasteiger partial charge in [0.15, 0.2) is 0 Å². The van der Waals surface area contributed by atoms with Gasteiger partial charge in [0.1, 0.15) is 0 Å². The Morgan fingerprint density at radius 2 is 1.57 bits per heavy atom. The maximum absolute atomic E-state index is 11.1. The minimum Gasteiger partial charge on any atom is -0.478 e. The van der Waals surface area contributed by atoms with Crippen LogP contribution in [-0.2, 0) is 16.6 Å². The molecule has 0 bridgehead atoms. The number of carbonyl (C=O) groups is 1. The Labute approximate surface area is 185 Å². The first-order valence-electron chi connectivity index (χ1n) is 10.8. The third-order valence-electron chi connectivity index (χ3n) is 6.30. The molecule has 0 radical (unpaired) electrons. The van der Waals surface area contributed by atoms with Crippen LogP contribution in [0.25, 0.3) is 12.2 Å². The fourth-order valence-electron chi connectivity index (χ4n) is 4.13. The van der Waals surface area contributed by atoms with Gasteiger partial charge < -0.3 is 5.11 Å². The molecule has 3 rings (SSSR count). The molecule has 1 aliphatic rings. The summed E-state index contributed by atoms with van der Waals surface area (Å²) >= 11 is 1.98. The zero-order valence-corrected chi connectivity index (χ0v) is 19.9. The molecule has 0 atom stereocenters. The summed E-state index contributed by atoms with van der Waals surface area (Å²) in [7, 11) is 0. The molecule has 0 saturated carbocycles. The average molecular weight is 423 g/mol. The first kappa shape index (κ1) is 22.7. The molecule has 2 aromatic rings. The van der Waals surface area contributed by atoms with E-state index in [1.165, 1.54) is 35.1 Å². The van der Waals surface area contributed by atoms with Crippen LogP contribution in [0.2, 0.25) is 0 Å². The van der Waals surface area contributed by atoms with Gasteiger partial charge in [-0.2, -0.15) is 11.8 Å². The lowest BCUT2D eigenvalue weighted by atomic mass is 9.62. The molecule has 30 heavy (non-hydrogen) atoms. The van der Waals surface area contributed by atoms with Gasteiger partial charge in [-0.25, -0.2) is 4.79 Å². The van der Waals surface area contributed by atoms with Crippen LogP contribution in [0.1, 0.15) is 92.6 Å². The van der Waals surface area contributed by atoms with E-state index in [1.807, 2.05) is 23.9 Å². The summed E-state index contributed by atoms with van der Waals surface area (Å²) in [5, 5.41) is 9.70. The SMILES string of the molecule is CC(C)SCc1cc2c(cc1C=Cc1ccc(C(=O)O)cc1)C(C)(C)CCC2(C)C. The topological polar surface area (TPSA) is 37.3 Å². The highest BCUT2D eigenvalue weighted by molar-refractivity contribution is 7.99. The third kappa shape index (κ3) is 5.00. The first-order chi connectivity index (χ1) is 14.0. The van der Waals surface area contributed by atoms with Gasteiger partial charge in [-0.15, -0.1) is 0 Å². The molecule has 3 heteroatoms. The number of benzene rings is 2. The fraction of sp³-hybridized carbons (Fsp3) is 0.444. The van der Waals surface area contributed by atoms with Crippen LogP contribution in [0, 0.1) is 0 Å². The zero-order valence-electron chi connectivity index (χ0n) is 19.1. The molecule has 0 aromatic heterocycles. The molecule has 0 aliphatic heterocycles. The van der Waals surface area contributed by atoms with Crippen LogP contribution in [0.5, 0.6) is 0 Å². The third-order valence-corrected chi connectivity index (χ3v) is 7.44. The highest BCUT2D eigenvalue weighted by Crippen LogP contribution is 2.47. The molecular formula is C27H34O2S. The minimum atomic E-state index is -0.891. The summed E-state index contributed by atoms with van der Waals surface area (Å²) in [5.74, 6) is 0.108. The van der Waals surface area contributed by atoms with Crippen molar-refractivity contribution in [3.8, 4) is 0 Å². The van der Waals surface area contributed by atoms with Gasteiger partial charge in [-0.3, -0.25) is 0 Å². The number of carboxylic acid groups (broad SMARTS) is 1. The van der Waals surface area contributed by atoms with Crippen molar-refractivity contribution in [2.45, 2.75) is 76.2 Å². The predicted octanol–water partition coefficient (Wildman–Crippen LogP) is 7.55. The summed E-state index contributed by atoms with van der Waals surface area (Å²) in [6.07, 6.45) is 6.71. The van der Waals surface area contributed by atoms with Crippen LogP contribution >= 0.6 is 11.8 Å². The Hall–Kier alpha value is -2.00. The van der Waals surface area contributed by atoms with Crippen molar-refractivity contribution in [1.82, 2.24) is 0 Å². The van der Waals surface area contributed by atoms with Crippen molar-refractivity contribution in [1.29, 1.82) is 0 Å². The van der Waals surface area contributed by atoms with Crippen LogP contribution in [0.15, 0.2) is 36.4 Å². The number of carboxylic acids is 1. The van der Waals surface area contributed by atoms with E-state index in [0.29, 0.717) is 10.8 Å². The Kier molecular flexibility index (Phi) is 6.52. The summed E-state index contributed by atoms with van der Waals surface area (Å²) < 4.78 is 0. The molecule has 0 unspecified atom stereocenters. The molecular weight excluding hydrogens is 388 g/mol. The van der Waals surface area contributed by atoms with Crippen molar-refractivity contribution in [2.24, 2.45) is 0 Å². The van der Waals surface area contributed by atoms with Crippen molar-refractivity contribution < 1.29 is 9.90 Å². The highest BCUT2D eigenvalue weighted by Gasteiger charge is 2.37. The van der Waals surface area contributed by atoms with Crippen LogP contribution < -0.4 is 0 Å². The molecule has 0 spiro atoms. The van der Waals surface area contributed by atoms with Gasteiger partial charge in [0.2, 0.25) is 0 Å². The van der Waals surface area contributed by atoms with E-state index in [0.717, 1.165) is 11.3 Å². The number of fused-ring (bicyclic) bond motifs is 1. The van der Waals surface area contributed by atoms with Gasteiger partial charge in [0, 0.05) is 5.75 Å². The summed E-state index contributed by atoms with van der Waals surface area (Å²) in [6, 6.07) is 11.9. The van der Waals surface area contributed by atoms with Gasteiger partial charge in [-0.1, -0.05) is 78.0 Å². The Morgan fingerprint density at radius 1 is 1.00 bits per heavy atom. The normalized spacial score (nSPS) is 17.3. The highest BCUT2D eigenvalue weighted by atomic mass is 32.2. The second-order valence-electron chi connectivity index (χ2n) is 9.98. The first-order valence-corrected chi connectivity index (χ1v) is 11.9. The van der Waals surface area contributed by atoms with E-state index in [-0.39, 0.29) is 10.8 Å². The van der Waals surface area contributed by atoms with Crippen LogP contribution in [-0.4, -0.2) is 16.3 Å². The van der Waals surface area contributed by atoms with Crippen molar-refractivity contribution in [2.75, 3.05) is 0 Å². The zero-order chi connectivity index (χ0) is 22.1. The molecule has 0 heterocycles. The number of thioether (sulfide) groups is 1. The number of hydrogen-bond acceptors (Lipinski definition) is 2. The summed E-state index contributed by atoms with van der Waals surface area (Å²) in [6.45, 7) is 14.0. The van der Waals surface area contributed by atoms with Gasteiger partial charge in [-0.05, 0) is 68.9 Å². The standard InChI is InChI=1S/C27H34O2S/c1-18(2)30-17-22-16-24-23(26(3,4)13-14-27(24,5)6)15-21(22)12-9-19-7-10-20(11-8-19)25(28)29/h7-12,15-16,18H,13-14,17H2,1-6H3,(H,28,29). The Morgan fingerprint density at radius 3 is 2.10 bits per heavy atom. The van der Waals surface area contributed by atoms with Gasteiger partial charge in [0.05, 0.1) is 5.56 Å². The summed E-state index contributed by atoms with van der Waals surface area (Å²) in [4.78, 5) is 11.1. The predicted molar refractivity (Wildman–Crippen MR) is 130 cm³/mol. The largest absolute Gasteiger partial charge is 0.478 e. The lowest BCUT2D eigenvalue weighted by Gasteiger charge is -2.42. The molecule has 0 amide bonds. The second-order valence-corrected chi connectivity index (χ2v) is 11.5. The number of rotatable bonds is 6. The molecule has 0 saturated heterocycles. The number of aromatic carboxylic acids is 1. The quantitative estimate of drug-likeness (QED) is 0.488. The Balaban J connectivity index is 2.04. The molecule has 2 nitrogen and oxygen atoms in total. The monoisotopic (exact) mass is 422 g/mol. The van der Waals surface area contributed by atoms with Crippen LogP contribution in [0.3, 0.4) is 0 Å². The second kappa shape index (κ2) is 8.63. The molecule has 0 fully saturated rings. The molecule has 1 aliphatic carbocycles. The van der Waals surface area contributed by atoms with Crippen molar-refractivity contribution in [3.63, 3.8) is 0 Å². The van der Waals surface area contributed by atoms with E-state index in [4.69, 9.17) is 5.11 Å². The molecule has 2 aromatic carbocycles. The van der Waals surface area contributed by atoms with E-state index < -0.39 is 5.97 Å². The van der Waals surface area contributed by atoms with Crippen LogP contribution in [0.4, 0.5) is 0 Å². The lowest BCUT2D eigenvalue weighted by Crippen LogP contribution is -2.34. The summed E-state index contributed by atoms with van der Waals surface area (Å²) in [5.41, 5.74) is 7.35. The van der Waals surface area contributed by atoms with Gasteiger partial charge >= 0.3 is 5.97 Å². The average Bonchev–Trinajstić information content (AvgIpc) is 2.68. The lowest BCUT2D eigenvalue weighted by molar-refractivity contribution is 0.0697. The van der Waals surface area contributed by atoms with E-state index in [9.17, 15) is 4.79 Å². The van der Waals surface area contributed by atoms with E-state index >= 15 is 0 Å². The fourth-order valence-corrected chi connectivity index (χ4v) is 4.90.